The summed E-state index contributed by atoms with van der Waals surface area (Å²) in [6.45, 7) is 6.52. The summed E-state index contributed by atoms with van der Waals surface area (Å²) in [5, 5.41) is 3.39. The van der Waals surface area contributed by atoms with E-state index in [-0.39, 0.29) is 0 Å². The maximum Gasteiger partial charge on any atom is 0.0255 e. The first-order valence-corrected chi connectivity index (χ1v) is 4.72. The van der Waals surface area contributed by atoms with Crippen LogP contribution in [0.15, 0.2) is 12.3 Å². The average molecular weight is 155 g/mol. The maximum absolute atomic E-state index is 3.39. The van der Waals surface area contributed by atoms with Gasteiger partial charge in [-0.1, -0.05) is 32.8 Å². The van der Waals surface area contributed by atoms with Gasteiger partial charge in [0.1, 0.15) is 0 Å². The Morgan fingerprint density at radius 1 is 1.18 bits per heavy atom. The van der Waals surface area contributed by atoms with E-state index in [4.69, 9.17) is 0 Å². The molecule has 0 amide bonds. The largest absolute Gasteiger partial charge is 0.388 e. The fraction of sp³-hybridized carbons (Fsp3) is 0.800. The van der Waals surface area contributed by atoms with Gasteiger partial charge in [0.2, 0.25) is 0 Å². The van der Waals surface area contributed by atoms with Crippen molar-refractivity contribution in [2.24, 2.45) is 0 Å². The van der Waals surface area contributed by atoms with Crippen molar-refractivity contribution in [2.45, 2.75) is 52.5 Å². The summed E-state index contributed by atoms with van der Waals surface area (Å²) in [6.07, 6.45) is 9.23. The molecule has 0 saturated heterocycles. The SMILES string of the molecule is C/C=C/NC(CCC)CCC. The quantitative estimate of drug-likeness (QED) is 0.621. The van der Waals surface area contributed by atoms with Gasteiger partial charge in [0.05, 0.1) is 0 Å². The van der Waals surface area contributed by atoms with Crippen LogP contribution in [0, 0.1) is 0 Å². The van der Waals surface area contributed by atoms with Crippen molar-refractivity contribution in [2.75, 3.05) is 0 Å². The number of hydrogen-bond acceptors (Lipinski definition) is 1. The summed E-state index contributed by atoms with van der Waals surface area (Å²) in [5.41, 5.74) is 0. The molecule has 0 aromatic rings. The Labute approximate surface area is 70.9 Å². The molecule has 0 heterocycles. The van der Waals surface area contributed by atoms with Gasteiger partial charge in [-0.25, -0.2) is 0 Å². The molecule has 0 aliphatic rings. The van der Waals surface area contributed by atoms with Crippen molar-refractivity contribution in [1.82, 2.24) is 5.32 Å². The van der Waals surface area contributed by atoms with E-state index in [0.29, 0.717) is 6.04 Å². The van der Waals surface area contributed by atoms with Crippen LogP contribution in [0.5, 0.6) is 0 Å². The summed E-state index contributed by atoms with van der Waals surface area (Å²) in [7, 11) is 0. The van der Waals surface area contributed by atoms with Crippen LogP contribution in [0.3, 0.4) is 0 Å². The van der Waals surface area contributed by atoms with Crippen LogP contribution < -0.4 is 5.32 Å². The highest BCUT2D eigenvalue weighted by atomic mass is 14.9. The van der Waals surface area contributed by atoms with Crippen LogP contribution in [-0.2, 0) is 0 Å². The van der Waals surface area contributed by atoms with Crippen LogP contribution in [0.4, 0.5) is 0 Å². The Bertz CT molecular complexity index is 91.0. The first-order chi connectivity index (χ1) is 5.35. The van der Waals surface area contributed by atoms with E-state index >= 15 is 0 Å². The second-order valence-electron chi connectivity index (χ2n) is 2.94. The second-order valence-corrected chi connectivity index (χ2v) is 2.94. The van der Waals surface area contributed by atoms with Gasteiger partial charge in [0, 0.05) is 6.04 Å². The number of nitrogens with one attached hydrogen (secondary N) is 1. The molecule has 11 heavy (non-hydrogen) atoms. The average Bonchev–Trinajstić information content (AvgIpc) is 2.01. The van der Waals surface area contributed by atoms with Gasteiger partial charge < -0.3 is 5.32 Å². The first-order valence-electron chi connectivity index (χ1n) is 4.72. The van der Waals surface area contributed by atoms with Crippen LogP contribution >= 0.6 is 0 Å². The molecule has 0 atom stereocenters. The van der Waals surface area contributed by atoms with E-state index in [0.717, 1.165) is 0 Å². The predicted octanol–water partition coefficient (Wildman–Crippen LogP) is 3.08. The monoisotopic (exact) mass is 155 g/mol. The van der Waals surface area contributed by atoms with E-state index in [2.05, 4.69) is 31.4 Å². The lowest BCUT2D eigenvalue weighted by Crippen LogP contribution is -2.23. The van der Waals surface area contributed by atoms with Crippen molar-refractivity contribution in [3.8, 4) is 0 Å². The molecule has 1 nitrogen and oxygen atoms in total. The highest BCUT2D eigenvalue weighted by molar-refractivity contribution is 4.79. The zero-order chi connectivity index (χ0) is 8.53. The third-order valence-electron chi connectivity index (χ3n) is 1.77. The van der Waals surface area contributed by atoms with E-state index in [9.17, 15) is 0 Å². The second kappa shape index (κ2) is 7.64. The first kappa shape index (κ1) is 10.5. The van der Waals surface area contributed by atoms with Crippen molar-refractivity contribution < 1.29 is 0 Å². The van der Waals surface area contributed by atoms with Crippen molar-refractivity contribution in [3.63, 3.8) is 0 Å². The molecule has 0 aliphatic heterocycles. The standard InChI is InChI=1S/C10H21N/c1-4-7-10(8-5-2)11-9-6-3/h6,9-11H,4-5,7-8H2,1-3H3/b9-6+. The van der Waals surface area contributed by atoms with Crippen LogP contribution in [0.25, 0.3) is 0 Å². The molecule has 0 fully saturated rings. The summed E-state index contributed by atoms with van der Waals surface area (Å²) < 4.78 is 0. The molecule has 0 unspecified atom stereocenters. The van der Waals surface area contributed by atoms with E-state index in [1.807, 2.05) is 6.92 Å². The summed E-state index contributed by atoms with van der Waals surface area (Å²) >= 11 is 0. The van der Waals surface area contributed by atoms with Crippen molar-refractivity contribution >= 4 is 0 Å². The number of rotatable bonds is 6. The molecule has 0 aromatic carbocycles. The molecule has 0 aromatic heterocycles. The zero-order valence-corrected chi connectivity index (χ0v) is 8.06. The minimum absolute atomic E-state index is 0.696. The maximum atomic E-state index is 3.39. The minimum Gasteiger partial charge on any atom is -0.388 e. The Morgan fingerprint density at radius 3 is 2.09 bits per heavy atom. The molecule has 0 spiro atoms. The lowest BCUT2D eigenvalue weighted by Gasteiger charge is -2.14. The fourth-order valence-electron chi connectivity index (χ4n) is 1.24. The van der Waals surface area contributed by atoms with Gasteiger partial charge in [0.25, 0.3) is 0 Å². The van der Waals surface area contributed by atoms with E-state index in [1.54, 1.807) is 0 Å². The Kier molecular flexibility index (Phi) is 7.33. The van der Waals surface area contributed by atoms with Gasteiger partial charge in [-0.3, -0.25) is 0 Å². The van der Waals surface area contributed by atoms with Gasteiger partial charge in [-0.05, 0) is 26.0 Å². The van der Waals surface area contributed by atoms with Gasteiger partial charge in [-0.2, -0.15) is 0 Å². The Hall–Kier alpha value is -0.460. The molecule has 66 valence electrons. The van der Waals surface area contributed by atoms with Gasteiger partial charge in [0.15, 0.2) is 0 Å². The Morgan fingerprint density at radius 2 is 1.73 bits per heavy atom. The normalized spacial score (nSPS) is 11.3. The zero-order valence-electron chi connectivity index (χ0n) is 8.06. The lowest BCUT2D eigenvalue weighted by atomic mass is 10.1. The highest BCUT2D eigenvalue weighted by Crippen LogP contribution is 2.03. The third kappa shape index (κ3) is 5.96. The lowest BCUT2D eigenvalue weighted by molar-refractivity contribution is 0.494. The molecule has 1 heteroatoms. The minimum atomic E-state index is 0.696. The summed E-state index contributed by atoms with van der Waals surface area (Å²) in [5.74, 6) is 0. The summed E-state index contributed by atoms with van der Waals surface area (Å²) in [4.78, 5) is 0. The molecule has 1 N–H and O–H groups in total. The molecular formula is C10H21N. The number of allylic oxidation sites excluding steroid dienone is 1. The van der Waals surface area contributed by atoms with E-state index in [1.165, 1.54) is 25.7 Å². The topological polar surface area (TPSA) is 12.0 Å². The molecule has 0 bridgehead atoms. The van der Waals surface area contributed by atoms with Gasteiger partial charge >= 0.3 is 0 Å². The summed E-state index contributed by atoms with van der Waals surface area (Å²) in [6, 6.07) is 0.696. The van der Waals surface area contributed by atoms with Crippen molar-refractivity contribution in [3.05, 3.63) is 12.3 Å². The van der Waals surface area contributed by atoms with Crippen LogP contribution in [0.2, 0.25) is 0 Å². The molecule has 0 rings (SSSR count). The fourth-order valence-corrected chi connectivity index (χ4v) is 1.24. The number of hydrogen-bond donors (Lipinski definition) is 1. The highest BCUT2D eigenvalue weighted by Gasteiger charge is 2.01. The van der Waals surface area contributed by atoms with Gasteiger partial charge in [-0.15, -0.1) is 0 Å². The molecule has 0 saturated carbocycles. The van der Waals surface area contributed by atoms with Crippen molar-refractivity contribution in [1.29, 1.82) is 0 Å². The van der Waals surface area contributed by atoms with E-state index < -0.39 is 0 Å². The Balaban J connectivity index is 3.50. The molecule has 0 radical (unpaired) electrons. The smallest absolute Gasteiger partial charge is 0.0255 e. The molecule has 0 aliphatic carbocycles. The van der Waals surface area contributed by atoms with Crippen LogP contribution in [-0.4, -0.2) is 6.04 Å². The molecular weight excluding hydrogens is 134 g/mol. The van der Waals surface area contributed by atoms with Crippen LogP contribution in [0.1, 0.15) is 46.5 Å². The third-order valence-corrected chi connectivity index (χ3v) is 1.77. The predicted molar refractivity (Wildman–Crippen MR) is 51.6 cm³/mol.